The van der Waals surface area contributed by atoms with E-state index in [0.717, 1.165) is 0 Å². The van der Waals surface area contributed by atoms with Gasteiger partial charge in [-0.05, 0) is 25.2 Å². The van der Waals surface area contributed by atoms with Crippen LogP contribution in [0.4, 0.5) is 0 Å². The predicted molar refractivity (Wildman–Crippen MR) is 59.0 cm³/mol. The van der Waals surface area contributed by atoms with Gasteiger partial charge >= 0.3 is 0 Å². The molecule has 0 aliphatic carbocycles. The molecular weight excluding hydrogens is 200 g/mol. The number of aliphatic hydroxyl groups is 1. The van der Waals surface area contributed by atoms with E-state index in [1.807, 2.05) is 20.8 Å². The van der Waals surface area contributed by atoms with E-state index < -0.39 is 9.84 Å². The lowest BCUT2D eigenvalue weighted by Gasteiger charge is -2.16. The topological polar surface area (TPSA) is 54.4 Å². The second kappa shape index (κ2) is 6.40. The highest BCUT2D eigenvalue weighted by molar-refractivity contribution is 7.91. The van der Waals surface area contributed by atoms with Crippen LogP contribution in [0.25, 0.3) is 0 Å². The molecule has 0 aromatic heterocycles. The van der Waals surface area contributed by atoms with E-state index in [9.17, 15) is 13.5 Å². The van der Waals surface area contributed by atoms with Gasteiger partial charge in [0.1, 0.15) is 9.84 Å². The predicted octanol–water partition coefficient (Wildman–Crippen LogP) is 1.61. The quantitative estimate of drug-likeness (QED) is 0.712. The minimum absolute atomic E-state index is 0.0756. The Morgan fingerprint density at radius 2 is 1.79 bits per heavy atom. The van der Waals surface area contributed by atoms with Crippen LogP contribution in [0.3, 0.4) is 0 Å². The van der Waals surface area contributed by atoms with Gasteiger partial charge in [0, 0.05) is 5.75 Å². The molecule has 3 nitrogen and oxygen atoms in total. The van der Waals surface area contributed by atoms with Gasteiger partial charge in [0.05, 0.1) is 11.9 Å². The molecule has 0 aliphatic rings. The molecule has 14 heavy (non-hydrogen) atoms. The zero-order valence-corrected chi connectivity index (χ0v) is 10.2. The van der Waals surface area contributed by atoms with Crippen molar-refractivity contribution >= 4 is 9.84 Å². The third kappa shape index (κ3) is 5.60. The van der Waals surface area contributed by atoms with Crippen molar-refractivity contribution in [3.8, 4) is 0 Å². The first-order valence-corrected chi connectivity index (χ1v) is 7.13. The summed E-state index contributed by atoms with van der Waals surface area (Å²) in [5.74, 6) is 0.549. The standard InChI is InChI=1S/C10H22O3S/c1-4-7-14(12,13)8-6-9(3)10(11)5-2/h9-11H,4-8H2,1-3H3. The lowest BCUT2D eigenvalue weighted by Crippen LogP contribution is -2.21. The van der Waals surface area contributed by atoms with Crippen molar-refractivity contribution < 1.29 is 13.5 Å². The largest absolute Gasteiger partial charge is 0.393 e. The fourth-order valence-corrected chi connectivity index (χ4v) is 2.93. The first kappa shape index (κ1) is 13.9. The summed E-state index contributed by atoms with van der Waals surface area (Å²) in [6.07, 6.45) is 1.56. The molecule has 0 rings (SSSR count). The monoisotopic (exact) mass is 222 g/mol. The molecule has 0 amide bonds. The minimum Gasteiger partial charge on any atom is -0.393 e. The number of sulfone groups is 1. The summed E-state index contributed by atoms with van der Waals surface area (Å²) in [5.41, 5.74) is 0. The molecule has 0 fully saturated rings. The second-order valence-electron chi connectivity index (χ2n) is 3.89. The molecule has 0 saturated carbocycles. The summed E-state index contributed by atoms with van der Waals surface area (Å²) in [7, 11) is -2.88. The molecule has 4 heteroatoms. The van der Waals surface area contributed by atoms with Gasteiger partial charge in [0.15, 0.2) is 0 Å². The number of hydrogen-bond donors (Lipinski definition) is 1. The van der Waals surface area contributed by atoms with Gasteiger partial charge in [-0.25, -0.2) is 8.42 Å². The molecule has 0 aromatic rings. The van der Waals surface area contributed by atoms with Crippen LogP contribution >= 0.6 is 0 Å². The van der Waals surface area contributed by atoms with Crippen molar-refractivity contribution in [2.45, 2.75) is 46.1 Å². The fraction of sp³-hybridized carbons (Fsp3) is 1.00. The van der Waals surface area contributed by atoms with E-state index in [4.69, 9.17) is 0 Å². The van der Waals surface area contributed by atoms with Crippen LogP contribution in [0.2, 0.25) is 0 Å². The van der Waals surface area contributed by atoms with Crippen LogP contribution in [0.1, 0.15) is 40.0 Å². The Bertz CT molecular complexity index is 234. The van der Waals surface area contributed by atoms with Crippen molar-refractivity contribution in [1.29, 1.82) is 0 Å². The van der Waals surface area contributed by atoms with Crippen molar-refractivity contribution in [3.63, 3.8) is 0 Å². The van der Waals surface area contributed by atoms with Crippen molar-refractivity contribution in [1.82, 2.24) is 0 Å². The van der Waals surface area contributed by atoms with Gasteiger partial charge in [-0.3, -0.25) is 0 Å². The molecule has 0 aromatic carbocycles. The Morgan fingerprint density at radius 1 is 1.21 bits per heavy atom. The van der Waals surface area contributed by atoms with Gasteiger partial charge in [0.25, 0.3) is 0 Å². The van der Waals surface area contributed by atoms with Gasteiger partial charge in [0.2, 0.25) is 0 Å². The Kier molecular flexibility index (Phi) is 6.36. The summed E-state index contributed by atoms with van der Waals surface area (Å²) in [4.78, 5) is 0. The highest BCUT2D eigenvalue weighted by Crippen LogP contribution is 2.12. The number of rotatable bonds is 7. The van der Waals surface area contributed by atoms with Gasteiger partial charge in [-0.1, -0.05) is 20.8 Å². The highest BCUT2D eigenvalue weighted by atomic mass is 32.2. The van der Waals surface area contributed by atoms with Crippen molar-refractivity contribution in [3.05, 3.63) is 0 Å². The summed E-state index contributed by atoms with van der Waals surface area (Å²) in [6.45, 7) is 5.67. The fourth-order valence-electron chi connectivity index (χ4n) is 1.37. The zero-order valence-electron chi connectivity index (χ0n) is 9.36. The molecule has 0 aliphatic heterocycles. The Hall–Kier alpha value is -0.0900. The molecule has 0 bridgehead atoms. The van der Waals surface area contributed by atoms with Crippen LogP contribution < -0.4 is 0 Å². The normalized spacial score (nSPS) is 16.6. The van der Waals surface area contributed by atoms with E-state index in [0.29, 0.717) is 19.3 Å². The van der Waals surface area contributed by atoms with Crippen LogP contribution in [-0.2, 0) is 9.84 Å². The molecule has 2 atom stereocenters. The Labute approximate surface area is 87.4 Å². The average Bonchev–Trinajstić information content (AvgIpc) is 2.13. The minimum atomic E-state index is -2.88. The van der Waals surface area contributed by atoms with Crippen LogP contribution in [-0.4, -0.2) is 31.1 Å². The third-order valence-electron chi connectivity index (χ3n) is 2.47. The molecular formula is C10H22O3S. The summed E-state index contributed by atoms with van der Waals surface area (Å²) < 4.78 is 22.7. The van der Waals surface area contributed by atoms with Crippen molar-refractivity contribution in [2.75, 3.05) is 11.5 Å². The molecule has 0 saturated heterocycles. The van der Waals surface area contributed by atoms with Gasteiger partial charge < -0.3 is 5.11 Å². The number of aliphatic hydroxyl groups excluding tert-OH is 1. The van der Waals surface area contributed by atoms with Crippen LogP contribution in [0, 0.1) is 5.92 Å². The maximum Gasteiger partial charge on any atom is 0.150 e. The summed E-state index contributed by atoms with van der Waals surface area (Å²) in [5, 5.41) is 9.46. The average molecular weight is 222 g/mol. The van der Waals surface area contributed by atoms with Crippen molar-refractivity contribution in [2.24, 2.45) is 5.92 Å². The smallest absolute Gasteiger partial charge is 0.150 e. The molecule has 0 heterocycles. The molecule has 0 spiro atoms. The first-order valence-electron chi connectivity index (χ1n) is 5.31. The zero-order chi connectivity index (χ0) is 11.2. The van der Waals surface area contributed by atoms with E-state index in [-0.39, 0.29) is 23.5 Å². The second-order valence-corrected chi connectivity index (χ2v) is 6.20. The van der Waals surface area contributed by atoms with Crippen LogP contribution in [0.5, 0.6) is 0 Å². The van der Waals surface area contributed by atoms with E-state index in [1.54, 1.807) is 0 Å². The Morgan fingerprint density at radius 3 is 2.21 bits per heavy atom. The summed E-state index contributed by atoms with van der Waals surface area (Å²) in [6, 6.07) is 0. The lowest BCUT2D eigenvalue weighted by atomic mass is 10.0. The first-order chi connectivity index (χ1) is 6.43. The summed E-state index contributed by atoms with van der Waals surface area (Å²) >= 11 is 0. The third-order valence-corrected chi connectivity index (χ3v) is 4.36. The molecule has 0 radical (unpaired) electrons. The van der Waals surface area contributed by atoms with Gasteiger partial charge in [-0.2, -0.15) is 0 Å². The molecule has 1 N–H and O–H groups in total. The maximum absolute atomic E-state index is 11.4. The van der Waals surface area contributed by atoms with Crippen LogP contribution in [0.15, 0.2) is 0 Å². The SMILES string of the molecule is CCCS(=O)(=O)CCC(C)C(O)CC. The molecule has 2 unspecified atom stereocenters. The van der Waals surface area contributed by atoms with E-state index >= 15 is 0 Å². The van der Waals surface area contributed by atoms with E-state index in [2.05, 4.69) is 0 Å². The number of hydrogen-bond acceptors (Lipinski definition) is 3. The Balaban J connectivity index is 3.93. The van der Waals surface area contributed by atoms with E-state index in [1.165, 1.54) is 0 Å². The lowest BCUT2D eigenvalue weighted by molar-refractivity contribution is 0.111. The molecule has 86 valence electrons. The maximum atomic E-state index is 11.4. The highest BCUT2D eigenvalue weighted by Gasteiger charge is 2.16. The van der Waals surface area contributed by atoms with Gasteiger partial charge in [-0.15, -0.1) is 0 Å².